The predicted octanol–water partition coefficient (Wildman–Crippen LogP) is 3.51. The summed E-state index contributed by atoms with van der Waals surface area (Å²) >= 11 is 0. The Morgan fingerprint density at radius 3 is 2.59 bits per heavy atom. The molecule has 1 saturated carbocycles. The minimum absolute atomic E-state index is 0.115. The Labute approximate surface area is 160 Å². The minimum Gasteiger partial charge on any atom is -0.456 e. The molecule has 0 radical (unpaired) electrons. The zero-order chi connectivity index (χ0) is 18.9. The number of aliphatic hydroxyl groups is 1. The normalized spacial score (nSPS) is 45.3. The second kappa shape index (κ2) is 6.18. The first-order chi connectivity index (χ1) is 13.0. The Morgan fingerprint density at radius 1 is 1.15 bits per heavy atom. The van der Waals surface area contributed by atoms with Crippen LogP contribution in [0.3, 0.4) is 0 Å². The van der Waals surface area contributed by atoms with Crippen molar-refractivity contribution in [2.45, 2.75) is 51.6 Å². The number of hydrogen-bond donors (Lipinski definition) is 1. The van der Waals surface area contributed by atoms with E-state index in [2.05, 4.69) is 26.8 Å². The Kier molecular flexibility index (Phi) is 3.99. The molecule has 9 atom stereocenters. The van der Waals surface area contributed by atoms with Gasteiger partial charge < -0.3 is 14.6 Å². The standard InChI is InChI=1S/C23H28O4/c1-11(2)14-10-15-12(3)9-16(14)18-17(15)21-22(27-23(18)25)19(24)20(26-21)13-7-5-4-6-8-13/h4-9,11,14-22,24H,10H2,1-3H3. The summed E-state index contributed by atoms with van der Waals surface area (Å²) in [5.41, 5.74) is 2.33. The summed E-state index contributed by atoms with van der Waals surface area (Å²) in [6, 6.07) is 9.79. The number of hydrogen-bond acceptors (Lipinski definition) is 4. The highest BCUT2D eigenvalue weighted by Crippen LogP contribution is 2.59. The van der Waals surface area contributed by atoms with Crippen LogP contribution in [0.25, 0.3) is 0 Å². The van der Waals surface area contributed by atoms with E-state index in [1.54, 1.807) is 0 Å². The van der Waals surface area contributed by atoms with Crippen LogP contribution in [0.15, 0.2) is 42.0 Å². The summed E-state index contributed by atoms with van der Waals surface area (Å²) in [5, 5.41) is 10.9. The molecule has 144 valence electrons. The summed E-state index contributed by atoms with van der Waals surface area (Å²) < 4.78 is 12.2. The lowest BCUT2D eigenvalue weighted by Gasteiger charge is -2.55. The van der Waals surface area contributed by atoms with E-state index >= 15 is 0 Å². The van der Waals surface area contributed by atoms with Crippen molar-refractivity contribution in [3.8, 4) is 0 Å². The van der Waals surface area contributed by atoms with Gasteiger partial charge in [-0.25, -0.2) is 0 Å². The lowest BCUT2D eigenvalue weighted by Crippen LogP contribution is -2.60. The number of aliphatic hydroxyl groups excluding tert-OH is 1. The topological polar surface area (TPSA) is 55.8 Å². The molecule has 3 fully saturated rings. The highest BCUT2D eigenvalue weighted by Gasteiger charge is 2.63. The molecule has 2 aliphatic heterocycles. The molecule has 4 nitrogen and oxygen atoms in total. The summed E-state index contributed by atoms with van der Waals surface area (Å²) in [4.78, 5) is 13.0. The van der Waals surface area contributed by atoms with Crippen LogP contribution in [0.2, 0.25) is 0 Å². The van der Waals surface area contributed by atoms with Gasteiger partial charge in [-0.2, -0.15) is 0 Å². The van der Waals surface area contributed by atoms with Gasteiger partial charge in [-0.05, 0) is 42.6 Å². The molecule has 9 unspecified atom stereocenters. The zero-order valence-electron chi connectivity index (χ0n) is 16.1. The van der Waals surface area contributed by atoms with Crippen molar-refractivity contribution in [1.29, 1.82) is 0 Å². The van der Waals surface area contributed by atoms with E-state index in [1.165, 1.54) is 5.57 Å². The third-order valence-corrected chi connectivity index (χ3v) is 7.52. The average Bonchev–Trinajstić information content (AvgIpc) is 2.99. The molecular weight excluding hydrogens is 340 g/mol. The molecule has 1 N–H and O–H groups in total. The Morgan fingerprint density at radius 2 is 1.89 bits per heavy atom. The van der Waals surface area contributed by atoms with E-state index in [0.717, 1.165) is 12.0 Å². The van der Waals surface area contributed by atoms with Crippen LogP contribution in [0.1, 0.15) is 38.9 Å². The Hall–Kier alpha value is -1.65. The van der Waals surface area contributed by atoms with Crippen molar-refractivity contribution < 1.29 is 19.4 Å². The van der Waals surface area contributed by atoms with Crippen molar-refractivity contribution >= 4 is 5.97 Å². The first-order valence-corrected chi connectivity index (χ1v) is 10.2. The van der Waals surface area contributed by atoms with Crippen LogP contribution in [0.5, 0.6) is 0 Å². The van der Waals surface area contributed by atoms with E-state index in [0.29, 0.717) is 17.8 Å². The highest BCUT2D eigenvalue weighted by molar-refractivity contribution is 5.76. The molecular formula is C23H28O4. The van der Waals surface area contributed by atoms with Crippen LogP contribution in [0.4, 0.5) is 0 Å². The van der Waals surface area contributed by atoms with Crippen LogP contribution in [-0.4, -0.2) is 29.4 Å². The molecule has 4 heteroatoms. The van der Waals surface area contributed by atoms with Crippen molar-refractivity contribution in [2.75, 3.05) is 0 Å². The van der Waals surface area contributed by atoms with Gasteiger partial charge >= 0.3 is 5.97 Å². The highest BCUT2D eigenvalue weighted by atomic mass is 16.6. The van der Waals surface area contributed by atoms with Crippen LogP contribution in [-0.2, 0) is 14.3 Å². The predicted molar refractivity (Wildman–Crippen MR) is 101 cm³/mol. The smallest absolute Gasteiger partial charge is 0.310 e. The number of esters is 1. The SMILES string of the molecule is CC1=CC2C(C(C)C)CC1C1C3OC(c4ccccc4)C(O)C3OC(=O)C21. The Bertz CT molecular complexity index is 770. The van der Waals surface area contributed by atoms with Gasteiger partial charge in [0.25, 0.3) is 0 Å². The van der Waals surface area contributed by atoms with Crippen molar-refractivity contribution in [3.05, 3.63) is 47.5 Å². The number of fused-ring (bicyclic) bond motifs is 2. The summed E-state index contributed by atoms with van der Waals surface area (Å²) in [7, 11) is 0. The van der Waals surface area contributed by atoms with Crippen LogP contribution < -0.4 is 0 Å². The monoisotopic (exact) mass is 368 g/mol. The number of allylic oxidation sites excluding steroid dienone is 2. The Balaban J connectivity index is 1.51. The number of carbonyl (C=O) groups excluding carboxylic acids is 1. The quantitative estimate of drug-likeness (QED) is 0.641. The molecule has 3 aliphatic carbocycles. The summed E-state index contributed by atoms with van der Waals surface area (Å²) in [5.74, 6) is 1.47. The average molecular weight is 368 g/mol. The molecule has 6 rings (SSSR count). The second-order valence-electron chi connectivity index (χ2n) is 9.17. The molecule has 2 heterocycles. The molecule has 2 bridgehead atoms. The third-order valence-electron chi connectivity index (χ3n) is 7.52. The van der Waals surface area contributed by atoms with Gasteiger partial charge in [-0.1, -0.05) is 55.8 Å². The molecule has 2 saturated heterocycles. The fourth-order valence-electron chi connectivity index (χ4n) is 6.26. The van der Waals surface area contributed by atoms with Crippen LogP contribution in [0, 0.1) is 35.5 Å². The van der Waals surface area contributed by atoms with E-state index in [4.69, 9.17) is 9.47 Å². The molecule has 1 aromatic rings. The van der Waals surface area contributed by atoms with Gasteiger partial charge in [-0.15, -0.1) is 0 Å². The molecule has 1 aromatic carbocycles. The number of ether oxygens (including phenoxy) is 2. The van der Waals surface area contributed by atoms with E-state index in [-0.39, 0.29) is 29.8 Å². The summed E-state index contributed by atoms with van der Waals surface area (Å²) in [6.45, 7) is 6.70. The lowest BCUT2D eigenvalue weighted by atomic mass is 9.51. The maximum atomic E-state index is 13.0. The van der Waals surface area contributed by atoms with E-state index in [9.17, 15) is 9.90 Å². The number of carbonyl (C=O) groups is 1. The van der Waals surface area contributed by atoms with Gasteiger partial charge in [-0.3, -0.25) is 4.79 Å². The maximum absolute atomic E-state index is 13.0. The molecule has 0 amide bonds. The second-order valence-corrected chi connectivity index (χ2v) is 9.17. The van der Waals surface area contributed by atoms with Gasteiger partial charge in [0.15, 0.2) is 6.10 Å². The van der Waals surface area contributed by atoms with Crippen LogP contribution >= 0.6 is 0 Å². The maximum Gasteiger partial charge on any atom is 0.310 e. The molecule has 0 spiro atoms. The largest absolute Gasteiger partial charge is 0.456 e. The number of benzene rings is 1. The first-order valence-electron chi connectivity index (χ1n) is 10.2. The molecule has 0 aromatic heterocycles. The molecule has 27 heavy (non-hydrogen) atoms. The fraction of sp³-hybridized carbons (Fsp3) is 0.609. The molecule has 5 aliphatic rings. The first kappa shape index (κ1) is 17.4. The summed E-state index contributed by atoms with van der Waals surface area (Å²) in [6.07, 6.45) is 1.40. The van der Waals surface area contributed by atoms with Gasteiger partial charge in [0.05, 0.1) is 5.92 Å². The van der Waals surface area contributed by atoms with Gasteiger partial charge in [0.1, 0.15) is 18.3 Å². The van der Waals surface area contributed by atoms with Crippen molar-refractivity contribution in [2.24, 2.45) is 35.5 Å². The minimum atomic E-state index is -0.812. The fourth-order valence-corrected chi connectivity index (χ4v) is 6.26. The zero-order valence-corrected chi connectivity index (χ0v) is 16.1. The van der Waals surface area contributed by atoms with Gasteiger partial charge in [0, 0.05) is 5.92 Å². The number of rotatable bonds is 2. The third kappa shape index (κ3) is 2.46. The van der Waals surface area contributed by atoms with Crippen molar-refractivity contribution in [3.63, 3.8) is 0 Å². The lowest BCUT2D eigenvalue weighted by molar-refractivity contribution is -0.196. The van der Waals surface area contributed by atoms with E-state index < -0.39 is 18.3 Å². The van der Waals surface area contributed by atoms with Gasteiger partial charge in [0.2, 0.25) is 0 Å². The van der Waals surface area contributed by atoms with E-state index in [1.807, 2.05) is 30.3 Å². The van der Waals surface area contributed by atoms with Crippen molar-refractivity contribution in [1.82, 2.24) is 0 Å².